The summed E-state index contributed by atoms with van der Waals surface area (Å²) in [7, 11) is 0. The van der Waals surface area contributed by atoms with E-state index in [-0.39, 0.29) is 0 Å². The van der Waals surface area contributed by atoms with Crippen LogP contribution in [0.4, 0.5) is 17.1 Å². The van der Waals surface area contributed by atoms with Crippen molar-refractivity contribution in [1.29, 1.82) is 0 Å². The van der Waals surface area contributed by atoms with E-state index in [1.807, 2.05) is 0 Å². The molecule has 0 bridgehead atoms. The van der Waals surface area contributed by atoms with Crippen LogP contribution in [0.1, 0.15) is 42.0 Å². The number of benzene rings is 6. The van der Waals surface area contributed by atoms with Crippen molar-refractivity contribution in [3.05, 3.63) is 222 Å². The Kier molecular flexibility index (Phi) is 7.75. The molecule has 1 spiro atoms. The molecular weight excluding hydrogens is 701 g/mol. The van der Waals surface area contributed by atoms with E-state index in [2.05, 4.69) is 216 Å². The summed E-state index contributed by atoms with van der Waals surface area (Å²) in [5.74, 6) is 3.12. The third-order valence-electron chi connectivity index (χ3n) is 12.2. The molecule has 7 aromatic carbocycles. The fourth-order valence-corrected chi connectivity index (χ4v) is 9.95. The van der Waals surface area contributed by atoms with Gasteiger partial charge in [-0.15, -0.1) is 6.42 Å². The highest BCUT2D eigenvalue weighted by molar-refractivity contribution is 6.17. The van der Waals surface area contributed by atoms with Gasteiger partial charge < -0.3 is 9.47 Å². The summed E-state index contributed by atoms with van der Waals surface area (Å²) in [4.78, 5) is 2.32. The number of hydrogen-bond donors (Lipinski definition) is 0. The molecule has 2 nitrogen and oxygen atoms in total. The van der Waals surface area contributed by atoms with Crippen LogP contribution in [-0.4, -0.2) is 4.57 Å². The SMILES string of the molecule is C#CC1=C(/C=C\C)C2(c3cc(-c4c#cc(N(c5ccccc5)c5cccc6c5c5ccccc5n6C5=CCCC=C5)cc4)ccc31)c1ccccc1-c1ccccc12. The lowest BCUT2D eigenvalue weighted by atomic mass is 9.69. The Balaban J connectivity index is 1.07. The highest BCUT2D eigenvalue weighted by Crippen LogP contribution is 2.62. The Bertz CT molecular complexity index is 3080. The van der Waals surface area contributed by atoms with Crippen molar-refractivity contribution >= 4 is 50.1 Å². The Hall–Kier alpha value is -7.52. The second-order valence-electron chi connectivity index (χ2n) is 15.2. The molecule has 0 saturated heterocycles. The Labute approximate surface area is 340 Å². The number of allylic oxidation sites excluding steroid dienone is 8. The average molecular weight is 739 g/mol. The maximum atomic E-state index is 6.39. The molecular formula is C56H38N2. The molecule has 0 fully saturated rings. The highest BCUT2D eigenvalue weighted by Gasteiger charge is 2.52. The standard InChI is InChI=1S/C56H38N2/c1-3-18-48-43(4-2)46-36-33-39(37-51(46)56(48)49-26-14-11-23-44(49)45-24-12-15-27-50(45)56)38-31-34-42(35-32-38)57(40-19-7-5-8-20-40)53-29-17-30-54-55(53)47-25-13-16-28-52(47)58(54)41-21-9-6-10-22-41/h2-3,5,7-9,11-31,33-34,36-37H,6,10H2,1H3/b18-3-. The molecule has 0 N–H and O–H groups in total. The molecule has 3 aliphatic carbocycles. The van der Waals surface area contributed by atoms with E-state index in [0.717, 1.165) is 57.7 Å². The molecule has 0 unspecified atom stereocenters. The van der Waals surface area contributed by atoms with Crippen LogP contribution in [0.5, 0.6) is 0 Å². The summed E-state index contributed by atoms with van der Waals surface area (Å²) in [6.45, 7) is 2.07. The highest BCUT2D eigenvalue weighted by atomic mass is 15.1. The summed E-state index contributed by atoms with van der Waals surface area (Å²) in [6.07, 6.45) is 19.7. The maximum absolute atomic E-state index is 6.39. The number of aromatic nitrogens is 1. The predicted molar refractivity (Wildman–Crippen MR) is 242 cm³/mol. The van der Waals surface area contributed by atoms with Gasteiger partial charge in [-0.25, -0.2) is 0 Å². The van der Waals surface area contributed by atoms with Gasteiger partial charge in [0.1, 0.15) is 0 Å². The summed E-state index contributed by atoms with van der Waals surface area (Å²) in [5.41, 5.74) is 17.6. The number of rotatable bonds is 6. The van der Waals surface area contributed by atoms with Crippen molar-refractivity contribution < 1.29 is 0 Å². The molecule has 58 heavy (non-hydrogen) atoms. The summed E-state index contributed by atoms with van der Waals surface area (Å²) in [5, 5.41) is 2.42. The molecule has 1 aromatic heterocycles. The van der Waals surface area contributed by atoms with Crippen LogP contribution in [-0.2, 0) is 5.41 Å². The van der Waals surface area contributed by atoms with E-state index in [1.165, 1.54) is 55.3 Å². The van der Waals surface area contributed by atoms with Crippen molar-refractivity contribution in [2.24, 2.45) is 0 Å². The first-order valence-corrected chi connectivity index (χ1v) is 20.1. The van der Waals surface area contributed by atoms with Gasteiger partial charge in [0.05, 0.1) is 27.8 Å². The van der Waals surface area contributed by atoms with Gasteiger partial charge in [0.25, 0.3) is 0 Å². The number of nitrogens with zero attached hydrogens (tertiary/aromatic N) is 2. The largest absolute Gasteiger partial charge is 0.310 e. The maximum Gasteiger partial charge on any atom is 0.0974 e. The van der Waals surface area contributed by atoms with Crippen LogP contribution in [0.2, 0.25) is 0 Å². The van der Waals surface area contributed by atoms with Gasteiger partial charge in [-0.1, -0.05) is 139 Å². The number of terminal acetylenes is 1. The van der Waals surface area contributed by atoms with Crippen molar-refractivity contribution in [2.75, 3.05) is 4.90 Å². The average Bonchev–Trinajstić information content (AvgIpc) is 3.89. The smallest absolute Gasteiger partial charge is 0.0974 e. The molecule has 11 rings (SSSR count). The minimum absolute atomic E-state index is 0.526. The fourth-order valence-electron chi connectivity index (χ4n) is 9.95. The molecule has 2 heteroatoms. The van der Waals surface area contributed by atoms with Gasteiger partial charge >= 0.3 is 0 Å². The van der Waals surface area contributed by atoms with E-state index in [1.54, 1.807) is 0 Å². The molecule has 0 amide bonds. The van der Waals surface area contributed by atoms with Crippen LogP contribution in [0.3, 0.4) is 0 Å². The van der Waals surface area contributed by atoms with Gasteiger partial charge in [0.2, 0.25) is 0 Å². The molecule has 0 atom stereocenters. The third-order valence-corrected chi connectivity index (χ3v) is 12.2. The Morgan fingerprint density at radius 2 is 1.43 bits per heavy atom. The van der Waals surface area contributed by atoms with E-state index in [9.17, 15) is 0 Å². The van der Waals surface area contributed by atoms with Crippen molar-refractivity contribution in [1.82, 2.24) is 4.57 Å². The van der Waals surface area contributed by atoms with Gasteiger partial charge in [-0.05, 0) is 125 Å². The molecule has 272 valence electrons. The minimum atomic E-state index is -0.526. The summed E-state index contributed by atoms with van der Waals surface area (Å²) >= 11 is 0. The number of para-hydroxylation sites is 2. The van der Waals surface area contributed by atoms with E-state index >= 15 is 0 Å². The van der Waals surface area contributed by atoms with Gasteiger partial charge in [-0.2, -0.15) is 0 Å². The molecule has 0 radical (unpaired) electrons. The van der Waals surface area contributed by atoms with E-state index < -0.39 is 5.41 Å². The normalized spacial score (nSPS) is 14.7. The van der Waals surface area contributed by atoms with Gasteiger partial charge in [0, 0.05) is 33.3 Å². The molecule has 0 aliphatic heterocycles. The third kappa shape index (κ3) is 4.76. The van der Waals surface area contributed by atoms with Gasteiger partial charge in [0.15, 0.2) is 0 Å². The van der Waals surface area contributed by atoms with Crippen LogP contribution < -0.4 is 4.90 Å². The first-order chi connectivity index (χ1) is 28.7. The lowest BCUT2D eigenvalue weighted by molar-refractivity contribution is 0.786. The van der Waals surface area contributed by atoms with Crippen LogP contribution in [0.15, 0.2) is 188 Å². The minimum Gasteiger partial charge on any atom is -0.310 e. The predicted octanol–water partition coefficient (Wildman–Crippen LogP) is 14.0. The monoisotopic (exact) mass is 738 g/mol. The Morgan fingerprint density at radius 3 is 2.16 bits per heavy atom. The zero-order chi connectivity index (χ0) is 38.8. The molecule has 1 heterocycles. The topological polar surface area (TPSA) is 8.17 Å². The number of fused-ring (bicyclic) bond motifs is 10. The molecule has 3 aliphatic rings. The van der Waals surface area contributed by atoms with E-state index in [0.29, 0.717) is 0 Å². The summed E-state index contributed by atoms with van der Waals surface area (Å²) in [6, 6.07) is 62.0. The zero-order valence-corrected chi connectivity index (χ0v) is 32.2. The van der Waals surface area contributed by atoms with Crippen LogP contribution >= 0.6 is 0 Å². The van der Waals surface area contributed by atoms with Gasteiger partial charge in [-0.3, -0.25) is 0 Å². The van der Waals surface area contributed by atoms with E-state index in [4.69, 9.17) is 6.42 Å². The van der Waals surface area contributed by atoms with Crippen LogP contribution in [0.25, 0.3) is 55.3 Å². The van der Waals surface area contributed by atoms with Crippen molar-refractivity contribution in [2.45, 2.75) is 25.2 Å². The first kappa shape index (κ1) is 33.8. The lowest BCUT2D eigenvalue weighted by Gasteiger charge is -2.31. The first-order valence-electron chi connectivity index (χ1n) is 20.1. The lowest BCUT2D eigenvalue weighted by Crippen LogP contribution is -2.26. The van der Waals surface area contributed by atoms with Crippen molar-refractivity contribution in [3.63, 3.8) is 0 Å². The second kappa shape index (κ2) is 13.3. The fraction of sp³-hybridized carbons (Fsp3) is 0.0714. The number of anilines is 3. The van der Waals surface area contributed by atoms with Crippen LogP contribution in [0, 0.1) is 24.5 Å². The number of hydrogen-bond acceptors (Lipinski definition) is 1. The Morgan fingerprint density at radius 1 is 0.690 bits per heavy atom. The molecule has 8 aromatic rings. The quantitative estimate of drug-likeness (QED) is 0.154. The zero-order valence-electron chi connectivity index (χ0n) is 32.2. The van der Waals surface area contributed by atoms with Crippen molar-refractivity contribution in [3.8, 4) is 34.6 Å². The second-order valence-corrected chi connectivity index (χ2v) is 15.2. The molecule has 0 saturated carbocycles. The summed E-state index contributed by atoms with van der Waals surface area (Å²) < 4.78 is 2.41.